The number of ether oxygens (including phenoxy) is 3. The number of aromatic nitrogens is 1. The Labute approximate surface area is 353 Å². The summed E-state index contributed by atoms with van der Waals surface area (Å²) < 4.78 is 90.6. The second-order valence-corrected chi connectivity index (χ2v) is 20.1. The predicted molar refractivity (Wildman–Crippen MR) is 217 cm³/mol. The minimum atomic E-state index is -4.13. The summed E-state index contributed by atoms with van der Waals surface area (Å²) in [4.78, 5) is 63.3. The summed E-state index contributed by atoms with van der Waals surface area (Å²) in [5, 5.41) is 13.7. The zero-order chi connectivity index (χ0) is 45.0. The molecule has 19 heteroatoms. The van der Waals surface area contributed by atoms with Crippen molar-refractivity contribution in [2.75, 3.05) is 20.8 Å². The number of nitrogens with one attached hydrogen (secondary N) is 2. The van der Waals surface area contributed by atoms with E-state index >= 15 is 18.0 Å². The summed E-state index contributed by atoms with van der Waals surface area (Å²) in [5.74, 6) is -8.61. The quantitative estimate of drug-likeness (QED) is 0.231. The van der Waals surface area contributed by atoms with E-state index in [1.807, 2.05) is 13.0 Å². The van der Waals surface area contributed by atoms with Crippen molar-refractivity contribution in [3.63, 3.8) is 0 Å². The van der Waals surface area contributed by atoms with Crippen LogP contribution in [0.25, 0.3) is 10.9 Å². The summed E-state index contributed by atoms with van der Waals surface area (Å²) in [7, 11) is -1.49. The largest absolute Gasteiger partial charge is 0.494 e. The van der Waals surface area contributed by atoms with Crippen molar-refractivity contribution in [1.29, 1.82) is 0 Å². The Morgan fingerprint density at radius 3 is 2.38 bits per heavy atom. The first kappa shape index (κ1) is 45.7. The number of amides is 4. The van der Waals surface area contributed by atoms with Gasteiger partial charge in [0, 0.05) is 36.8 Å². The van der Waals surface area contributed by atoms with E-state index in [1.54, 1.807) is 13.0 Å². The number of allylic oxidation sites excluding steroid dienone is 1. The van der Waals surface area contributed by atoms with Gasteiger partial charge in [0.15, 0.2) is 11.6 Å². The van der Waals surface area contributed by atoms with Gasteiger partial charge in [-0.05, 0) is 77.2 Å². The molecule has 2 aliphatic carbocycles. The molecule has 6 rings (SSSR count). The van der Waals surface area contributed by atoms with Crippen LogP contribution in [0.1, 0.15) is 92.9 Å². The number of fused-ring (bicyclic) bond motifs is 3. The molecule has 0 radical (unpaired) electrons. The number of sulfonamides is 1. The Bertz CT molecular complexity index is 2210. The van der Waals surface area contributed by atoms with Crippen molar-refractivity contribution >= 4 is 44.7 Å². The van der Waals surface area contributed by atoms with Gasteiger partial charge in [-0.25, -0.2) is 31.4 Å². The zero-order valence-electron chi connectivity index (χ0n) is 35.7. The maximum Gasteiger partial charge on any atom is 0.408 e. The molecular formula is C42H56F3N5O10S. The lowest BCUT2D eigenvalue weighted by Gasteiger charge is -2.47. The second kappa shape index (κ2) is 16.5. The number of carbonyl (C=O) groups excluding carboxylic acids is 3. The first-order valence-corrected chi connectivity index (χ1v) is 22.1. The van der Waals surface area contributed by atoms with Crippen LogP contribution >= 0.6 is 0 Å². The van der Waals surface area contributed by atoms with Crippen molar-refractivity contribution in [2.24, 2.45) is 17.8 Å². The monoisotopic (exact) mass is 879 g/mol. The van der Waals surface area contributed by atoms with E-state index in [-0.39, 0.29) is 66.4 Å². The smallest absolute Gasteiger partial charge is 0.408 e. The van der Waals surface area contributed by atoms with Gasteiger partial charge in [-0.3, -0.25) is 24.0 Å². The van der Waals surface area contributed by atoms with E-state index in [9.17, 15) is 27.9 Å². The van der Waals surface area contributed by atoms with E-state index in [1.165, 1.54) is 33.3 Å². The Morgan fingerprint density at radius 2 is 1.79 bits per heavy atom. The first-order valence-electron chi connectivity index (χ1n) is 20.6. The molecule has 1 saturated heterocycles. The molecule has 15 nitrogen and oxygen atoms in total. The molecule has 2 aromatic rings. The van der Waals surface area contributed by atoms with Crippen LogP contribution in [0, 0.1) is 23.6 Å². The van der Waals surface area contributed by atoms with Crippen LogP contribution < -0.4 is 24.2 Å². The molecule has 336 valence electrons. The molecule has 2 aliphatic heterocycles. The number of hydrogen-bond acceptors (Lipinski definition) is 10. The van der Waals surface area contributed by atoms with Crippen molar-refractivity contribution in [3.8, 4) is 17.4 Å². The summed E-state index contributed by atoms with van der Waals surface area (Å²) in [6.07, 6.45) is 2.81. The van der Waals surface area contributed by atoms with E-state index in [0.717, 1.165) is 24.8 Å². The number of pyridine rings is 1. The van der Waals surface area contributed by atoms with Crippen molar-refractivity contribution < 1.29 is 60.1 Å². The second-order valence-electron chi connectivity index (χ2n) is 17.9. The Kier molecular flexibility index (Phi) is 12.3. The number of halogens is 3. The molecule has 7 atom stereocenters. The van der Waals surface area contributed by atoms with Crippen LogP contribution in [0.5, 0.6) is 17.4 Å². The van der Waals surface area contributed by atoms with E-state index in [4.69, 9.17) is 14.2 Å². The van der Waals surface area contributed by atoms with Gasteiger partial charge >= 0.3 is 6.09 Å². The number of nitrogens with zero attached hydrogens (tertiary/aromatic N) is 3. The van der Waals surface area contributed by atoms with Crippen LogP contribution in [0.4, 0.5) is 18.0 Å². The number of hydrogen-bond donors (Lipinski definition) is 3. The maximum atomic E-state index is 15.5. The minimum Gasteiger partial charge on any atom is -0.494 e. The van der Waals surface area contributed by atoms with Crippen LogP contribution in [0.3, 0.4) is 0 Å². The average Bonchev–Trinajstić information content (AvgIpc) is 4.06. The van der Waals surface area contributed by atoms with Crippen molar-refractivity contribution in [1.82, 2.24) is 24.8 Å². The highest BCUT2D eigenvalue weighted by molar-refractivity contribution is 7.91. The molecular weight excluding hydrogens is 824 g/mol. The number of carboxylic acid groups (broad SMARTS) is 1. The van der Waals surface area contributed by atoms with Gasteiger partial charge in [-0.1, -0.05) is 32.4 Å². The molecule has 0 spiro atoms. The van der Waals surface area contributed by atoms with Gasteiger partial charge in [0.2, 0.25) is 27.7 Å². The predicted octanol–water partition coefficient (Wildman–Crippen LogP) is 5.80. The standard InChI is InChI=1S/C42H56F3N5O10S/c1-9-24-16-23(2)12-10-11-13-25-21-42(25,37(53)48-61(56,57)40(5)14-15-40)47-35(51)30-17-26(22-49(30)36(52)34(24)50(38(54)55)39(3,4)41(6,44)45)60-31-20-33(59-8)46-29-19-32(58-7)28(43)18-27(29)31/h11,13,18-20,23-26,30,34H,9-10,12,14-17,21-22H2,1-8H3,(H,47,51)(H,48,53)(H,54,55)/b13-11-/t23-,24-,25-,26-,30+,34+,42-/m1/s1. The lowest BCUT2D eigenvalue weighted by Crippen LogP contribution is -2.67. The third kappa shape index (κ3) is 8.67. The van der Waals surface area contributed by atoms with E-state index in [2.05, 4.69) is 15.0 Å². The fourth-order valence-corrected chi connectivity index (χ4v) is 9.87. The molecule has 0 unspecified atom stereocenters. The van der Waals surface area contributed by atoms with Crippen LogP contribution in [0.2, 0.25) is 0 Å². The van der Waals surface area contributed by atoms with Gasteiger partial charge in [0.25, 0.3) is 11.8 Å². The fraction of sp³-hybridized carbons (Fsp3) is 0.643. The molecule has 1 aromatic heterocycles. The number of alkyl halides is 2. The summed E-state index contributed by atoms with van der Waals surface area (Å²) in [6, 6.07) is 0.692. The highest BCUT2D eigenvalue weighted by Gasteiger charge is 2.63. The van der Waals surface area contributed by atoms with Crippen LogP contribution in [-0.2, 0) is 24.4 Å². The van der Waals surface area contributed by atoms with Gasteiger partial charge in [0.1, 0.15) is 35.0 Å². The van der Waals surface area contributed by atoms with Gasteiger partial charge in [-0.15, -0.1) is 0 Å². The van der Waals surface area contributed by atoms with Gasteiger partial charge in [-0.2, -0.15) is 0 Å². The molecule has 0 bridgehead atoms. The molecule has 3 N–H and O–H groups in total. The SMILES string of the molecule is CC[C@@H]1C[C@H](C)CC/C=C\[C@@H]2C[C@@]2(C(=O)NS(=O)(=O)C2(C)CC2)NC(=O)[C@@H]2C[C@@H](Oc3cc(OC)nc4cc(OC)c(F)cc34)CN2C(=O)[C@H]1N(C(=O)O)C(C)(C)C(C)(F)F. The van der Waals surface area contributed by atoms with Crippen molar-refractivity contribution in [3.05, 3.63) is 36.2 Å². The average molecular weight is 880 g/mol. The van der Waals surface area contributed by atoms with Crippen LogP contribution in [-0.4, -0.2) is 113 Å². The number of methoxy groups -OCH3 is 2. The maximum absolute atomic E-state index is 15.5. The fourth-order valence-electron chi connectivity index (χ4n) is 8.56. The molecule has 3 heterocycles. The molecule has 61 heavy (non-hydrogen) atoms. The third-order valence-corrected chi connectivity index (χ3v) is 15.4. The third-order valence-electron chi connectivity index (χ3n) is 13.3. The minimum absolute atomic E-state index is 0.0500. The van der Waals surface area contributed by atoms with Gasteiger partial charge in [0.05, 0.1) is 31.0 Å². The number of rotatable bonds is 11. The Hall–Kier alpha value is -4.81. The Morgan fingerprint density at radius 1 is 1.10 bits per heavy atom. The highest BCUT2D eigenvalue weighted by Crippen LogP contribution is 2.48. The van der Waals surface area contributed by atoms with Gasteiger partial charge < -0.3 is 29.5 Å². The molecule has 1 aromatic carbocycles. The van der Waals surface area contributed by atoms with Crippen molar-refractivity contribution in [2.45, 2.75) is 133 Å². The summed E-state index contributed by atoms with van der Waals surface area (Å²) >= 11 is 0. The summed E-state index contributed by atoms with van der Waals surface area (Å²) in [6.45, 7) is 7.49. The molecule has 2 saturated carbocycles. The normalized spacial score (nSPS) is 28.6. The first-order chi connectivity index (χ1) is 28.4. The number of benzene rings is 1. The lowest BCUT2D eigenvalue weighted by atomic mass is 9.81. The summed E-state index contributed by atoms with van der Waals surface area (Å²) in [5.41, 5.74) is -3.91. The van der Waals surface area contributed by atoms with Crippen LogP contribution in [0.15, 0.2) is 30.4 Å². The van der Waals surface area contributed by atoms with E-state index < -0.39 is 91.4 Å². The molecule has 4 aliphatic rings. The zero-order valence-corrected chi connectivity index (χ0v) is 36.5. The molecule has 3 fully saturated rings. The Balaban J connectivity index is 1.46. The lowest BCUT2D eigenvalue weighted by molar-refractivity contribution is -0.157. The van der Waals surface area contributed by atoms with E-state index in [0.29, 0.717) is 37.5 Å². The topological polar surface area (TPSA) is 194 Å². The highest BCUT2D eigenvalue weighted by atomic mass is 32.2. The molecule has 4 amide bonds. The number of carbonyl (C=O) groups is 4.